The van der Waals surface area contributed by atoms with Crippen LogP contribution in [0.25, 0.3) is 0 Å². The van der Waals surface area contributed by atoms with Crippen molar-refractivity contribution < 1.29 is 14.3 Å². The molecule has 1 rings (SSSR count). The second kappa shape index (κ2) is 7.94. The van der Waals surface area contributed by atoms with Gasteiger partial charge in [0.2, 0.25) is 0 Å². The Balaban J connectivity index is 2.85. The molecule has 0 heterocycles. The lowest BCUT2D eigenvalue weighted by atomic mass is 10.3. The molecule has 1 aromatic rings. The number of carbonyl (C=O) groups is 2. The number of urea groups is 1. The average molecular weight is 320 g/mol. The van der Waals surface area contributed by atoms with Crippen LogP contribution in [-0.4, -0.2) is 36.7 Å². The third-order valence-corrected chi connectivity index (χ3v) is 2.82. The quantitative estimate of drug-likeness (QED) is 0.893. The van der Waals surface area contributed by atoms with Crippen molar-refractivity contribution in [3.8, 4) is 0 Å². The number of hydrogen-bond donors (Lipinski definition) is 2. The van der Waals surface area contributed by atoms with Crippen LogP contribution in [0.3, 0.4) is 0 Å². The highest BCUT2D eigenvalue weighted by molar-refractivity contribution is 6.35. The lowest BCUT2D eigenvalue weighted by Gasteiger charge is -2.20. The molecule has 0 atom stereocenters. The summed E-state index contributed by atoms with van der Waals surface area (Å²) in [5.41, 5.74) is 5.67. The summed E-state index contributed by atoms with van der Waals surface area (Å²) >= 11 is 11.7. The maximum Gasteiger partial charge on any atom is 0.418 e. The first-order valence-electron chi connectivity index (χ1n) is 5.90. The van der Waals surface area contributed by atoms with E-state index < -0.39 is 12.1 Å². The number of anilines is 1. The molecule has 0 saturated heterocycles. The fraction of sp³-hybridized carbons (Fsp3) is 0.333. The molecule has 0 radical (unpaired) electrons. The number of benzene rings is 1. The van der Waals surface area contributed by atoms with Gasteiger partial charge < -0.3 is 15.8 Å². The SMILES string of the molecule is CCOC(=O)N(CCN)C(=O)Nc1cc(Cl)ccc1Cl. The molecule has 20 heavy (non-hydrogen) atoms. The Morgan fingerprint density at radius 1 is 1.40 bits per heavy atom. The van der Waals surface area contributed by atoms with Crippen LogP contribution in [0.2, 0.25) is 10.0 Å². The summed E-state index contributed by atoms with van der Waals surface area (Å²) in [6.45, 7) is 1.95. The first-order chi connectivity index (χ1) is 9.49. The summed E-state index contributed by atoms with van der Waals surface area (Å²) in [6.07, 6.45) is -0.770. The molecule has 3 amide bonds. The summed E-state index contributed by atoms with van der Waals surface area (Å²) in [7, 11) is 0. The van der Waals surface area contributed by atoms with Gasteiger partial charge in [0.15, 0.2) is 0 Å². The summed E-state index contributed by atoms with van der Waals surface area (Å²) < 4.78 is 4.78. The number of ether oxygens (including phenoxy) is 1. The smallest absolute Gasteiger partial charge is 0.418 e. The number of imide groups is 1. The highest BCUT2D eigenvalue weighted by Gasteiger charge is 2.22. The summed E-state index contributed by atoms with van der Waals surface area (Å²) in [4.78, 5) is 24.5. The van der Waals surface area contributed by atoms with Gasteiger partial charge in [-0.15, -0.1) is 0 Å². The summed E-state index contributed by atoms with van der Waals surface area (Å²) in [5.74, 6) is 0. The van der Waals surface area contributed by atoms with Crippen LogP contribution in [0.15, 0.2) is 18.2 Å². The predicted octanol–water partition coefficient (Wildman–Crippen LogP) is 2.94. The number of carbonyl (C=O) groups excluding carboxylic acids is 2. The van der Waals surface area contributed by atoms with Crippen LogP contribution in [0.5, 0.6) is 0 Å². The van der Waals surface area contributed by atoms with E-state index in [0.717, 1.165) is 4.90 Å². The Labute approximate surface area is 126 Å². The van der Waals surface area contributed by atoms with Gasteiger partial charge in [0.05, 0.1) is 17.3 Å². The van der Waals surface area contributed by atoms with Crippen LogP contribution in [0.4, 0.5) is 15.3 Å². The topological polar surface area (TPSA) is 84.7 Å². The van der Waals surface area contributed by atoms with E-state index in [0.29, 0.717) is 15.7 Å². The van der Waals surface area contributed by atoms with Gasteiger partial charge in [-0.25, -0.2) is 14.5 Å². The molecule has 0 aliphatic carbocycles. The molecular formula is C12H15Cl2N3O3. The average Bonchev–Trinajstić information content (AvgIpc) is 2.40. The van der Waals surface area contributed by atoms with Crippen molar-refractivity contribution in [2.75, 3.05) is 25.0 Å². The normalized spacial score (nSPS) is 10.0. The van der Waals surface area contributed by atoms with Gasteiger partial charge in [0.1, 0.15) is 0 Å². The summed E-state index contributed by atoms with van der Waals surface area (Å²) in [5, 5.41) is 3.20. The van der Waals surface area contributed by atoms with Gasteiger partial charge in [0, 0.05) is 18.1 Å². The fourth-order valence-electron chi connectivity index (χ4n) is 1.38. The summed E-state index contributed by atoms with van der Waals surface area (Å²) in [6, 6.07) is 3.92. The molecule has 0 saturated carbocycles. The van der Waals surface area contributed by atoms with E-state index in [1.54, 1.807) is 13.0 Å². The van der Waals surface area contributed by atoms with Crippen LogP contribution in [-0.2, 0) is 4.74 Å². The third kappa shape index (κ3) is 4.56. The third-order valence-electron chi connectivity index (χ3n) is 2.26. The molecular weight excluding hydrogens is 305 g/mol. The molecule has 0 aliphatic heterocycles. The monoisotopic (exact) mass is 319 g/mol. The van der Waals surface area contributed by atoms with Gasteiger partial charge in [-0.1, -0.05) is 23.2 Å². The molecule has 6 nitrogen and oxygen atoms in total. The largest absolute Gasteiger partial charge is 0.449 e. The van der Waals surface area contributed by atoms with Crippen LogP contribution in [0.1, 0.15) is 6.92 Å². The van der Waals surface area contributed by atoms with Crippen molar-refractivity contribution in [1.29, 1.82) is 0 Å². The molecule has 110 valence electrons. The second-order valence-electron chi connectivity index (χ2n) is 3.69. The van der Waals surface area contributed by atoms with Crippen LogP contribution < -0.4 is 11.1 Å². The number of hydrogen-bond acceptors (Lipinski definition) is 4. The van der Waals surface area contributed by atoms with Crippen molar-refractivity contribution in [2.45, 2.75) is 6.92 Å². The lowest BCUT2D eigenvalue weighted by molar-refractivity contribution is 0.118. The van der Waals surface area contributed by atoms with Gasteiger partial charge in [-0.2, -0.15) is 0 Å². The zero-order valence-electron chi connectivity index (χ0n) is 10.9. The zero-order chi connectivity index (χ0) is 15.1. The van der Waals surface area contributed by atoms with E-state index >= 15 is 0 Å². The van der Waals surface area contributed by atoms with Crippen molar-refractivity contribution in [1.82, 2.24) is 4.90 Å². The number of amides is 3. The number of nitrogens with two attached hydrogens (primary N) is 1. The molecule has 8 heteroatoms. The molecule has 0 bridgehead atoms. The Hall–Kier alpha value is -1.50. The number of nitrogens with zero attached hydrogens (tertiary/aromatic N) is 1. The first-order valence-corrected chi connectivity index (χ1v) is 6.65. The molecule has 0 spiro atoms. The van der Waals surface area contributed by atoms with E-state index in [1.807, 2.05) is 0 Å². The van der Waals surface area contributed by atoms with Gasteiger partial charge in [-0.05, 0) is 25.1 Å². The van der Waals surface area contributed by atoms with Gasteiger partial charge in [0.25, 0.3) is 0 Å². The molecule has 0 aromatic heterocycles. The fourth-order valence-corrected chi connectivity index (χ4v) is 1.72. The molecule has 0 fully saturated rings. The zero-order valence-corrected chi connectivity index (χ0v) is 12.4. The number of halogens is 2. The predicted molar refractivity (Wildman–Crippen MR) is 78.3 cm³/mol. The number of nitrogens with one attached hydrogen (secondary N) is 1. The maximum atomic E-state index is 12.0. The standard InChI is InChI=1S/C12H15Cl2N3O3/c1-2-20-12(19)17(6-5-15)11(18)16-10-7-8(13)3-4-9(10)14/h3-4,7H,2,5-6,15H2,1H3,(H,16,18). The van der Waals surface area contributed by atoms with Gasteiger partial charge >= 0.3 is 12.1 Å². The van der Waals surface area contributed by atoms with Crippen molar-refractivity contribution >= 4 is 41.0 Å². The van der Waals surface area contributed by atoms with E-state index in [-0.39, 0.29) is 19.7 Å². The Kier molecular flexibility index (Phi) is 6.57. The minimum absolute atomic E-state index is 0.0306. The second-order valence-corrected chi connectivity index (χ2v) is 4.54. The van der Waals surface area contributed by atoms with Gasteiger partial charge in [-0.3, -0.25) is 0 Å². The Morgan fingerprint density at radius 3 is 2.70 bits per heavy atom. The molecule has 0 aliphatic rings. The molecule has 1 aromatic carbocycles. The van der Waals surface area contributed by atoms with E-state index in [2.05, 4.69) is 5.32 Å². The Morgan fingerprint density at radius 2 is 2.10 bits per heavy atom. The molecule has 0 unspecified atom stereocenters. The Bertz CT molecular complexity index is 497. The van der Waals surface area contributed by atoms with Crippen molar-refractivity contribution in [3.05, 3.63) is 28.2 Å². The highest BCUT2D eigenvalue weighted by Crippen LogP contribution is 2.25. The van der Waals surface area contributed by atoms with Crippen molar-refractivity contribution in [2.24, 2.45) is 5.73 Å². The molecule has 3 N–H and O–H groups in total. The van der Waals surface area contributed by atoms with E-state index in [1.165, 1.54) is 12.1 Å². The highest BCUT2D eigenvalue weighted by atomic mass is 35.5. The maximum absolute atomic E-state index is 12.0. The van der Waals surface area contributed by atoms with E-state index in [4.69, 9.17) is 33.7 Å². The minimum atomic E-state index is -0.770. The first kappa shape index (κ1) is 16.6. The van der Waals surface area contributed by atoms with Crippen molar-refractivity contribution in [3.63, 3.8) is 0 Å². The van der Waals surface area contributed by atoms with E-state index in [9.17, 15) is 9.59 Å². The lowest BCUT2D eigenvalue weighted by Crippen LogP contribution is -2.43. The minimum Gasteiger partial charge on any atom is -0.449 e. The number of rotatable bonds is 4. The van der Waals surface area contributed by atoms with Crippen LogP contribution in [0, 0.1) is 0 Å². The van der Waals surface area contributed by atoms with Crippen LogP contribution >= 0.6 is 23.2 Å².